The van der Waals surface area contributed by atoms with Crippen LogP contribution >= 0.6 is 0 Å². The number of anilines is 1. The first-order valence-electron chi connectivity index (χ1n) is 4.97. The van der Waals surface area contributed by atoms with Gasteiger partial charge in [0.15, 0.2) is 0 Å². The van der Waals surface area contributed by atoms with Gasteiger partial charge >= 0.3 is 0 Å². The van der Waals surface area contributed by atoms with Crippen molar-refractivity contribution in [1.29, 1.82) is 0 Å². The van der Waals surface area contributed by atoms with E-state index < -0.39 is 10.0 Å². The quantitative estimate of drug-likeness (QED) is 0.491. The van der Waals surface area contributed by atoms with E-state index in [2.05, 4.69) is 10.0 Å². The van der Waals surface area contributed by atoms with Gasteiger partial charge < -0.3 is 11.1 Å². The van der Waals surface area contributed by atoms with Crippen LogP contribution in [0.4, 0.5) is 5.69 Å². The van der Waals surface area contributed by atoms with Crippen LogP contribution in [0, 0.1) is 0 Å². The normalized spacial score (nSPS) is 11.1. The average Bonchev–Trinajstić information content (AvgIpc) is 2.23. The zero-order valence-corrected chi connectivity index (χ0v) is 10.3. The van der Waals surface area contributed by atoms with Crippen LogP contribution in [0.25, 0.3) is 0 Å². The Morgan fingerprint density at radius 1 is 1.29 bits per heavy atom. The number of nitrogens with one attached hydrogen (secondary N) is 2. The Kier molecular flexibility index (Phi) is 4.47. The van der Waals surface area contributed by atoms with E-state index in [4.69, 9.17) is 5.73 Å². The third-order valence-corrected chi connectivity index (χ3v) is 2.71. The van der Waals surface area contributed by atoms with Gasteiger partial charge in [-0.1, -0.05) is 12.1 Å². The number of carbonyl (C=O) groups is 1. The van der Waals surface area contributed by atoms with Gasteiger partial charge in [-0.3, -0.25) is 4.79 Å². The molecule has 1 aromatic rings. The second-order valence-electron chi connectivity index (χ2n) is 3.51. The molecule has 0 aliphatic carbocycles. The summed E-state index contributed by atoms with van der Waals surface area (Å²) in [6.07, 6.45) is 1.06. The molecular formula is C10H15N3O3S. The molecule has 4 N–H and O–H groups in total. The highest BCUT2D eigenvalue weighted by molar-refractivity contribution is 7.88. The van der Waals surface area contributed by atoms with Gasteiger partial charge in [-0.2, -0.15) is 0 Å². The van der Waals surface area contributed by atoms with Crippen molar-refractivity contribution in [2.45, 2.75) is 0 Å². The van der Waals surface area contributed by atoms with Gasteiger partial charge in [-0.15, -0.1) is 0 Å². The van der Waals surface area contributed by atoms with E-state index in [9.17, 15) is 13.2 Å². The van der Waals surface area contributed by atoms with Crippen LogP contribution in [0.15, 0.2) is 24.3 Å². The standard InChI is InChI=1S/C10H15N3O3S/c1-17(15,16)13-7-6-12-10(14)8-4-2-3-5-9(8)11/h2-5,13H,6-7,11H2,1H3,(H,12,14). The summed E-state index contributed by atoms with van der Waals surface area (Å²) in [7, 11) is -3.22. The van der Waals surface area contributed by atoms with Crippen molar-refractivity contribution in [2.24, 2.45) is 0 Å². The maximum absolute atomic E-state index is 11.6. The molecule has 1 rings (SSSR count). The van der Waals surface area contributed by atoms with E-state index in [-0.39, 0.29) is 19.0 Å². The summed E-state index contributed by atoms with van der Waals surface area (Å²) in [5, 5.41) is 2.57. The third-order valence-electron chi connectivity index (χ3n) is 1.98. The summed E-state index contributed by atoms with van der Waals surface area (Å²) < 4.78 is 23.8. The van der Waals surface area contributed by atoms with Gasteiger partial charge in [0.25, 0.3) is 5.91 Å². The smallest absolute Gasteiger partial charge is 0.253 e. The number of carbonyl (C=O) groups excluding carboxylic acids is 1. The van der Waals surface area contributed by atoms with E-state index in [1.54, 1.807) is 24.3 Å². The van der Waals surface area contributed by atoms with Crippen molar-refractivity contribution in [1.82, 2.24) is 10.0 Å². The van der Waals surface area contributed by atoms with Gasteiger partial charge in [-0.25, -0.2) is 13.1 Å². The fourth-order valence-corrected chi connectivity index (χ4v) is 1.68. The molecule has 0 aliphatic heterocycles. The lowest BCUT2D eigenvalue weighted by molar-refractivity contribution is 0.0955. The summed E-state index contributed by atoms with van der Waals surface area (Å²) in [4.78, 5) is 11.6. The number of nitrogens with two attached hydrogens (primary N) is 1. The molecular weight excluding hydrogens is 242 g/mol. The van der Waals surface area contributed by atoms with Crippen molar-refractivity contribution < 1.29 is 13.2 Å². The molecule has 94 valence electrons. The molecule has 0 saturated heterocycles. The first-order valence-corrected chi connectivity index (χ1v) is 6.86. The second kappa shape index (κ2) is 5.65. The predicted octanol–water partition coefficient (Wildman–Crippen LogP) is -0.452. The molecule has 1 aromatic carbocycles. The second-order valence-corrected chi connectivity index (χ2v) is 5.34. The van der Waals surface area contributed by atoms with Crippen LogP contribution in [0.1, 0.15) is 10.4 Å². The van der Waals surface area contributed by atoms with Gasteiger partial charge in [0.2, 0.25) is 10.0 Å². The summed E-state index contributed by atoms with van der Waals surface area (Å²) >= 11 is 0. The molecule has 6 nitrogen and oxygen atoms in total. The van der Waals surface area contributed by atoms with Crippen molar-refractivity contribution >= 4 is 21.6 Å². The maximum Gasteiger partial charge on any atom is 0.253 e. The van der Waals surface area contributed by atoms with Gasteiger partial charge in [0.1, 0.15) is 0 Å². The van der Waals surface area contributed by atoms with E-state index in [1.807, 2.05) is 0 Å². The molecule has 17 heavy (non-hydrogen) atoms. The molecule has 0 aliphatic rings. The van der Waals surface area contributed by atoms with Crippen LogP contribution in [-0.2, 0) is 10.0 Å². The lowest BCUT2D eigenvalue weighted by Gasteiger charge is -2.07. The highest BCUT2D eigenvalue weighted by Gasteiger charge is 2.08. The summed E-state index contributed by atoms with van der Waals surface area (Å²) in [6, 6.07) is 6.68. The summed E-state index contributed by atoms with van der Waals surface area (Å²) in [5.74, 6) is -0.321. The fraction of sp³-hybridized carbons (Fsp3) is 0.300. The minimum absolute atomic E-state index is 0.150. The molecule has 1 amide bonds. The molecule has 0 atom stereocenters. The molecule has 7 heteroatoms. The van der Waals surface area contributed by atoms with Crippen LogP contribution in [0.3, 0.4) is 0 Å². The number of hydrogen-bond donors (Lipinski definition) is 3. The molecule has 0 spiro atoms. The minimum Gasteiger partial charge on any atom is -0.398 e. The van der Waals surface area contributed by atoms with Crippen LogP contribution in [0.2, 0.25) is 0 Å². The first-order chi connectivity index (χ1) is 7.90. The van der Waals surface area contributed by atoms with E-state index >= 15 is 0 Å². The lowest BCUT2D eigenvalue weighted by Crippen LogP contribution is -2.34. The largest absolute Gasteiger partial charge is 0.398 e. The Morgan fingerprint density at radius 2 is 1.94 bits per heavy atom. The summed E-state index contributed by atoms with van der Waals surface area (Å²) in [5.41, 5.74) is 6.39. The van der Waals surface area contributed by atoms with Crippen LogP contribution < -0.4 is 15.8 Å². The van der Waals surface area contributed by atoms with E-state index in [0.29, 0.717) is 11.3 Å². The third kappa shape index (κ3) is 4.83. The zero-order valence-electron chi connectivity index (χ0n) is 9.43. The number of rotatable bonds is 5. The highest BCUT2D eigenvalue weighted by atomic mass is 32.2. The van der Waals surface area contributed by atoms with Crippen molar-refractivity contribution in [2.75, 3.05) is 25.1 Å². The molecule has 0 aromatic heterocycles. The maximum atomic E-state index is 11.6. The number of para-hydroxylation sites is 1. The minimum atomic E-state index is -3.22. The Bertz CT molecular complexity index is 499. The molecule has 0 fully saturated rings. The fourth-order valence-electron chi connectivity index (χ4n) is 1.21. The lowest BCUT2D eigenvalue weighted by atomic mass is 10.2. The predicted molar refractivity (Wildman–Crippen MR) is 66.0 cm³/mol. The van der Waals surface area contributed by atoms with Crippen LogP contribution in [0.5, 0.6) is 0 Å². The molecule has 0 saturated carbocycles. The monoisotopic (exact) mass is 257 g/mol. The Balaban J connectivity index is 2.44. The first kappa shape index (κ1) is 13.5. The average molecular weight is 257 g/mol. The topological polar surface area (TPSA) is 101 Å². The van der Waals surface area contributed by atoms with Crippen molar-refractivity contribution in [3.63, 3.8) is 0 Å². The van der Waals surface area contributed by atoms with E-state index in [0.717, 1.165) is 6.26 Å². The SMILES string of the molecule is CS(=O)(=O)NCCNC(=O)c1ccccc1N. The van der Waals surface area contributed by atoms with Gasteiger partial charge in [0.05, 0.1) is 11.8 Å². The van der Waals surface area contributed by atoms with Gasteiger partial charge in [0, 0.05) is 18.8 Å². The van der Waals surface area contributed by atoms with Crippen molar-refractivity contribution in [3.05, 3.63) is 29.8 Å². The van der Waals surface area contributed by atoms with Crippen molar-refractivity contribution in [3.8, 4) is 0 Å². The van der Waals surface area contributed by atoms with Gasteiger partial charge in [-0.05, 0) is 12.1 Å². The molecule has 0 bridgehead atoms. The number of hydrogen-bond acceptors (Lipinski definition) is 4. The Labute approximate surface area is 100 Å². The molecule has 0 radical (unpaired) electrons. The van der Waals surface area contributed by atoms with Crippen LogP contribution in [-0.4, -0.2) is 33.7 Å². The number of sulfonamides is 1. The Morgan fingerprint density at radius 3 is 2.53 bits per heavy atom. The zero-order chi connectivity index (χ0) is 12.9. The highest BCUT2D eigenvalue weighted by Crippen LogP contribution is 2.09. The number of amides is 1. The number of benzene rings is 1. The number of nitrogen functional groups attached to an aromatic ring is 1. The Hall–Kier alpha value is -1.60. The van der Waals surface area contributed by atoms with E-state index in [1.165, 1.54) is 0 Å². The molecule has 0 heterocycles. The molecule has 0 unspecified atom stereocenters. The summed E-state index contributed by atoms with van der Waals surface area (Å²) in [6.45, 7) is 0.359.